The molecule has 0 aliphatic carbocycles. The number of aromatic hydroxyl groups is 1. The van der Waals surface area contributed by atoms with E-state index < -0.39 is 17.0 Å². The molecule has 3 aromatic rings. The number of aryl methyl sites for hydroxylation is 1. The maximum absolute atomic E-state index is 10.4. The third-order valence-electron chi connectivity index (χ3n) is 3.82. The second kappa shape index (κ2) is 11.2. The van der Waals surface area contributed by atoms with Gasteiger partial charge in [0.25, 0.3) is 0 Å². The van der Waals surface area contributed by atoms with E-state index in [0.29, 0.717) is 5.75 Å². The Hall–Kier alpha value is -1.58. The van der Waals surface area contributed by atoms with Crippen LogP contribution in [-0.2, 0) is 23.5 Å². The molecule has 26 heavy (non-hydrogen) atoms. The van der Waals surface area contributed by atoms with Crippen molar-refractivity contribution in [3.8, 4) is 16.9 Å². The van der Waals surface area contributed by atoms with Gasteiger partial charge in [0.15, 0.2) is 0 Å². The van der Waals surface area contributed by atoms with Gasteiger partial charge in [-0.15, -0.1) is 0 Å². The van der Waals surface area contributed by atoms with E-state index in [2.05, 4.69) is 17.1 Å². The van der Waals surface area contributed by atoms with E-state index in [1.54, 1.807) is 6.21 Å². The van der Waals surface area contributed by atoms with Gasteiger partial charge >= 0.3 is 35.6 Å². The van der Waals surface area contributed by atoms with Crippen molar-refractivity contribution in [2.75, 3.05) is 0 Å². The van der Waals surface area contributed by atoms with Gasteiger partial charge in [0.1, 0.15) is 5.75 Å². The van der Waals surface area contributed by atoms with E-state index in [-0.39, 0.29) is 0 Å². The van der Waals surface area contributed by atoms with Crippen LogP contribution in [0.15, 0.2) is 77.8 Å². The molecule has 0 atom stereocenters. The number of aliphatic imine (C=N–C) groups is 1. The molecule has 0 spiro atoms. The Bertz CT molecular complexity index is 839. The molecule has 0 bridgehead atoms. The van der Waals surface area contributed by atoms with Crippen LogP contribution in [0.3, 0.4) is 0 Å². The molecule has 3 rings (SSSR count). The Labute approximate surface area is 171 Å². The number of nitrogens with zero attached hydrogens (tertiary/aromatic N) is 1. The summed E-state index contributed by atoms with van der Waals surface area (Å²) in [7, 11) is 9.78. The summed E-state index contributed by atoms with van der Waals surface area (Å²) in [6.45, 7) is 2.04. The number of para-hydroxylation sites is 1. The molecule has 0 aromatic heterocycles. The molecule has 132 valence electrons. The number of hydrogen-bond acceptors (Lipinski definition) is 2. The summed E-state index contributed by atoms with van der Waals surface area (Å²) in [5, 5.41) is 10.4. The molecule has 2 nitrogen and oxygen atoms in total. The molecule has 0 heterocycles. The molecule has 3 aromatic carbocycles. The van der Waals surface area contributed by atoms with Gasteiger partial charge in [-0.3, -0.25) is 4.99 Å². The molecule has 0 aliphatic heterocycles. The molecule has 1 N–H and O–H groups in total. The Morgan fingerprint density at radius 2 is 1.50 bits per heavy atom. The van der Waals surface area contributed by atoms with E-state index in [9.17, 15) is 5.11 Å². The standard InChI is InChI=1S/C21H19NO.2ClH.Ti/c1-2-16-13-18(17-9-5-3-6-10-17)14-19(21(16)23)15-22-20-11-7-4-8-12-20;;;/h3-15,23H,2H2,1H3;2*1H;/q;;;+2/p-2. The van der Waals surface area contributed by atoms with Crippen molar-refractivity contribution in [3.05, 3.63) is 83.9 Å². The fourth-order valence-corrected chi connectivity index (χ4v) is 2.54. The summed E-state index contributed by atoms with van der Waals surface area (Å²) < 4.78 is 0. The Morgan fingerprint density at radius 3 is 2.08 bits per heavy atom. The van der Waals surface area contributed by atoms with Crippen LogP contribution in [0.25, 0.3) is 11.1 Å². The SMILES string of the molecule is CCc1cc(-c2ccccc2)cc(C=Nc2ccccc2)c1O.[Cl][Ti][Cl]. The second-order valence-electron chi connectivity index (χ2n) is 5.46. The summed E-state index contributed by atoms with van der Waals surface area (Å²) >= 11 is -0.556. The van der Waals surface area contributed by atoms with Gasteiger partial charge in [-0.05, 0) is 47.4 Å². The van der Waals surface area contributed by atoms with Gasteiger partial charge in [0, 0.05) is 11.8 Å². The average molecular weight is 420 g/mol. The zero-order valence-corrected chi connectivity index (χ0v) is 17.4. The minimum atomic E-state index is -0.556. The number of rotatable bonds is 4. The molecule has 0 fully saturated rings. The van der Waals surface area contributed by atoms with Crippen molar-refractivity contribution in [1.82, 2.24) is 0 Å². The normalized spacial score (nSPS) is 10.3. The first-order valence-corrected chi connectivity index (χ1v) is 12.5. The van der Waals surface area contributed by atoms with Crippen LogP contribution in [0, 0.1) is 0 Å². The minimum absolute atomic E-state index is 0.312. The van der Waals surface area contributed by atoms with Gasteiger partial charge in [-0.25, -0.2) is 0 Å². The van der Waals surface area contributed by atoms with Crippen molar-refractivity contribution >= 4 is 30.5 Å². The first-order valence-electron chi connectivity index (χ1n) is 8.16. The molecule has 0 aliphatic rings. The fraction of sp³-hybridized carbons (Fsp3) is 0.0952. The molecule has 0 saturated carbocycles. The van der Waals surface area contributed by atoms with Gasteiger partial charge in [-0.1, -0.05) is 55.5 Å². The zero-order valence-electron chi connectivity index (χ0n) is 14.4. The van der Waals surface area contributed by atoms with Crippen LogP contribution in [0.5, 0.6) is 5.75 Å². The van der Waals surface area contributed by atoms with Crippen molar-refractivity contribution in [1.29, 1.82) is 0 Å². The predicted molar refractivity (Wildman–Crippen MR) is 108 cm³/mol. The molecular formula is C21H19Cl2NOTi. The van der Waals surface area contributed by atoms with Gasteiger partial charge in [0.2, 0.25) is 0 Å². The van der Waals surface area contributed by atoms with E-state index in [1.807, 2.05) is 67.6 Å². The fourth-order valence-electron chi connectivity index (χ4n) is 2.54. The van der Waals surface area contributed by atoms with Crippen LogP contribution >= 0.6 is 18.6 Å². The molecule has 0 unspecified atom stereocenters. The van der Waals surface area contributed by atoms with Gasteiger partial charge in [-0.2, -0.15) is 0 Å². The van der Waals surface area contributed by atoms with Crippen LogP contribution in [0.2, 0.25) is 0 Å². The average Bonchev–Trinajstić information content (AvgIpc) is 2.69. The van der Waals surface area contributed by atoms with Crippen LogP contribution in [0.4, 0.5) is 5.69 Å². The van der Waals surface area contributed by atoms with E-state index in [4.69, 9.17) is 18.6 Å². The second-order valence-corrected chi connectivity index (χ2v) is 8.04. The molecule has 5 heteroatoms. The number of hydrogen-bond donors (Lipinski definition) is 1. The summed E-state index contributed by atoms with van der Waals surface area (Å²) in [5.41, 5.74) is 4.77. The van der Waals surface area contributed by atoms with Crippen LogP contribution in [-0.4, -0.2) is 11.3 Å². The summed E-state index contributed by atoms with van der Waals surface area (Å²) in [6.07, 6.45) is 2.51. The van der Waals surface area contributed by atoms with Crippen molar-refractivity contribution < 1.29 is 22.1 Å². The van der Waals surface area contributed by atoms with Crippen molar-refractivity contribution in [2.45, 2.75) is 13.3 Å². The Balaban J connectivity index is 0.000000758. The molecule has 0 saturated heterocycles. The number of benzene rings is 3. The van der Waals surface area contributed by atoms with E-state index >= 15 is 0 Å². The summed E-state index contributed by atoms with van der Waals surface area (Å²) in [5.74, 6) is 0.312. The Kier molecular flexibility index (Phi) is 8.93. The van der Waals surface area contributed by atoms with E-state index in [1.165, 1.54) is 0 Å². The first-order chi connectivity index (χ1) is 12.7. The topological polar surface area (TPSA) is 32.6 Å². The Morgan fingerprint density at radius 1 is 0.923 bits per heavy atom. The third-order valence-corrected chi connectivity index (χ3v) is 3.82. The summed E-state index contributed by atoms with van der Waals surface area (Å²) in [4.78, 5) is 4.46. The van der Waals surface area contributed by atoms with E-state index in [0.717, 1.165) is 34.4 Å². The number of phenols is 1. The zero-order chi connectivity index (χ0) is 18.8. The molecular weight excluding hydrogens is 401 g/mol. The van der Waals surface area contributed by atoms with Crippen molar-refractivity contribution in [2.24, 2.45) is 4.99 Å². The van der Waals surface area contributed by atoms with Crippen molar-refractivity contribution in [3.63, 3.8) is 0 Å². The molecule has 0 radical (unpaired) electrons. The molecule has 0 amide bonds. The third kappa shape index (κ3) is 6.00. The quantitative estimate of drug-likeness (QED) is 0.368. The summed E-state index contributed by atoms with van der Waals surface area (Å²) in [6, 6.07) is 24.0. The first kappa shape index (κ1) is 20.7. The maximum atomic E-state index is 10.4. The number of phenolic OH excluding ortho intramolecular Hbond substituents is 1. The van der Waals surface area contributed by atoms with Crippen LogP contribution in [0.1, 0.15) is 18.1 Å². The van der Waals surface area contributed by atoms with Crippen LogP contribution < -0.4 is 0 Å². The monoisotopic (exact) mass is 419 g/mol. The van der Waals surface area contributed by atoms with Gasteiger partial charge < -0.3 is 5.11 Å². The van der Waals surface area contributed by atoms with Gasteiger partial charge in [0.05, 0.1) is 5.69 Å². The number of halogens is 2. The predicted octanol–water partition coefficient (Wildman–Crippen LogP) is 6.75.